The van der Waals surface area contributed by atoms with Crippen LogP contribution in [0, 0.1) is 94.7 Å². The third kappa shape index (κ3) is 10.8. The molecule has 2 aliphatic heterocycles. The number of rotatable bonds is 13. The highest BCUT2D eigenvalue weighted by Gasteiger charge is 2.69. The molecule has 8 bridgehead atoms. The quantitative estimate of drug-likeness (QED) is 0.0612. The van der Waals surface area contributed by atoms with E-state index in [0.717, 1.165) is 85.7 Å². The van der Waals surface area contributed by atoms with Crippen molar-refractivity contribution in [1.82, 2.24) is 0 Å². The Hall–Kier alpha value is -2.73. The minimum atomic E-state index is -1.15. The fourth-order valence-electron chi connectivity index (χ4n) is 15.5. The standard InChI is InChI=1S/C34H48O9.C10H14O.C2H4O2.7CH4/c1-4-19(32(37)42-34-16-18-10-24(26(34)11-18)33(38)43-34)12-23(31(36)40-8-7-39-3)9-17(2)30(35)41-27-15-22-14-25(27)29-21-6-5-20(13-21)28(22)29;1-2-6-3-5(1)7-4-8-10(11-8)9(6)7;1-2(3)4;;;;;;;/h17-29H,4-16H2,1-3H3;5-10H,1-4H2;1H3,(H,3,4);7*1H4. The van der Waals surface area contributed by atoms with E-state index in [-0.39, 0.29) is 108 Å². The van der Waals surface area contributed by atoms with Crippen LogP contribution in [0.2, 0.25) is 0 Å². The lowest BCUT2D eigenvalue weighted by Crippen LogP contribution is -2.41. The summed E-state index contributed by atoms with van der Waals surface area (Å²) >= 11 is 0. The molecule has 0 aromatic carbocycles. The summed E-state index contributed by atoms with van der Waals surface area (Å²) in [5, 5.41) is 7.42. The van der Waals surface area contributed by atoms with Crippen molar-refractivity contribution in [3.05, 3.63) is 0 Å². The first-order valence-corrected chi connectivity index (χ1v) is 23.0. The molecule has 1 N–H and O–H groups in total. The average Bonchev–Trinajstić information content (AvgIpc) is 4.01. The van der Waals surface area contributed by atoms with Gasteiger partial charge in [0.05, 0.1) is 48.4 Å². The molecule has 12 heteroatoms. The van der Waals surface area contributed by atoms with Gasteiger partial charge in [-0.1, -0.05) is 65.8 Å². The molecule has 9 aliphatic carbocycles. The van der Waals surface area contributed by atoms with Crippen molar-refractivity contribution in [2.24, 2.45) is 94.7 Å². The Labute approximate surface area is 394 Å². The van der Waals surface area contributed by atoms with E-state index in [0.29, 0.717) is 30.6 Å². The van der Waals surface area contributed by atoms with Crippen molar-refractivity contribution in [3.8, 4) is 0 Å². The van der Waals surface area contributed by atoms with E-state index in [4.69, 9.17) is 38.3 Å². The number of ether oxygens (including phenoxy) is 6. The maximum atomic E-state index is 13.5. The first-order chi connectivity index (χ1) is 27.9. The van der Waals surface area contributed by atoms with Crippen LogP contribution in [-0.2, 0) is 52.4 Å². The van der Waals surface area contributed by atoms with Crippen molar-refractivity contribution in [3.63, 3.8) is 0 Å². The second-order valence-electron chi connectivity index (χ2n) is 20.6. The number of fused-ring (bicyclic) bond motifs is 17. The Balaban J connectivity index is 0.000000558. The van der Waals surface area contributed by atoms with Crippen LogP contribution in [0.4, 0.5) is 0 Å². The Bertz CT molecular complexity index is 1610. The molecule has 11 rings (SSSR count). The van der Waals surface area contributed by atoms with Crippen molar-refractivity contribution < 1.29 is 57.5 Å². The number of aliphatic carboxylic acids is 1. The number of carboxylic acids is 1. The molecule has 65 heavy (non-hydrogen) atoms. The zero-order valence-corrected chi connectivity index (χ0v) is 34.9. The summed E-state index contributed by atoms with van der Waals surface area (Å²) in [5.41, 5.74) is 0. The highest BCUT2D eigenvalue weighted by Crippen LogP contribution is 2.68. The Morgan fingerprint density at radius 2 is 1.35 bits per heavy atom. The van der Waals surface area contributed by atoms with Crippen LogP contribution in [0.3, 0.4) is 0 Å². The second-order valence-corrected chi connectivity index (χ2v) is 20.6. The number of esters is 4. The lowest BCUT2D eigenvalue weighted by molar-refractivity contribution is -0.226. The largest absolute Gasteiger partial charge is 0.481 e. The van der Waals surface area contributed by atoms with Crippen LogP contribution in [0.5, 0.6) is 0 Å². The van der Waals surface area contributed by atoms with E-state index in [2.05, 4.69) is 0 Å². The Kier molecular flexibility index (Phi) is 20.7. The fourth-order valence-corrected chi connectivity index (χ4v) is 15.5. The van der Waals surface area contributed by atoms with Gasteiger partial charge in [0.1, 0.15) is 12.7 Å². The zero-order chi connectivity index (χ0) is 40.6. The molecule has 0 spiro atoms. The molecule has 0 amide bonds. The summed E-state index contributed by atoms with van der Waals surface area (Å²) in [6, 6.07) is 0. The Morgan fingerprint density at radius 1 is 0.723 bits per heavy atom. The number of carboxylic acid groups (broad SMARTS) is 1. The van der Waals surface area contributed by atoms with Crippen LogP contribution in [0.15, 0.2) is 0 Å². The Morgan fingerprint density at radius 3 is 1.98 bits per heavy atom. The number of carbonyl (C=O) groups is 5. The molecule has 0 radical (unpaired) electrons. The van der Waals surface area contributed by atoms with Crippen LogP contribution in [0.1, 0.15) is 169 Å². The van der Waals surface area contributed by atoms with E-state index >= 15 is 0 Å². The van der Waals surface area contributed by atoms with Gasteiger partial charge in [-0.2, -0.15) is 0 Å². The smallest absolute Gasteiger partial charge is 0.312 e. The molecular formula is C53H94O12. The van der Waals surface area contributed by atoms with Crippen LogP contribution < -0.4 is 0 Å². The second kappa shape index (κ2) is 23.0. The molecule has 2 saturated heterocycles. The maximum Gasteiger partial charge on any atom is 0.312 e. The minimum absolute atomic E-state index is 0. The maximum absolute atomic E-state index is 13.5. The van der Waals surface area contributed by atoms with Gasteiger partial charge in [-0.3, -0.25) is 24.0 Å². The van der Waals surface area contributed by atoms with Crippen molar-refractivity contribution in [2.75, 3.05) is 20.3 Å². The monoisotopic (exact) mass is 923 g/mol. The van der Waals surface area contributed by atoms with Gasteiger partial charge in [0.15, 0.2) is 0 Å². The van der Waals surface area contributed by atoms with Crippen molar-refractivity contribution in [2.45, 2.75) is 193 Å². The van der Waals surface area contributed by atoms with Gasteiger partial charge >= 0.3 is 23.9 Å². The topological polar surface area (TPSA) is 164 Å². The molecule has 0 aromatic heterocycles. The van der Waals surface area contributed by atoms with Crippen LogP contribution >= 0.6 is 0 Å². The van der Waals surface area contributed by atoms with E-state index in [9.17, 15) is 19.2 Å². The molecule has 2 heterocycles. The molecule has 20 atom stereocenters. The first kappa shape index (κ1) is 58.4. The lowest BCUT2D eigenvalue weighted by atomic mass is 9.70. The SMILES string of the molecule is C.C.C.C.C.C.C.C1CC2CC1C1CC3OC3C21.CC(=O)O.CCC(CC(CC(C)C(=O)OC1CC2CC1C1C3CCC(C3)C21)C(=O)OCCOC)C(=O)OC12CC3CC(C(=O)O1)C2C3. The van der Waals surface area contributed by atoms with Gasteiger partial charge in [0, 0.05) is 20.5 Å². The molecule has 11 fully saturated rings. The van der Waals surface area contributed by atoms with Crippen LogP contribution in [0.25, 0.3) is 0 Å². The van der Waals surface area contributed by atoms with E-state index < -0.39 is 41.4 Å². The van der Waals surface area contributed by atoms with Crippen molar-refractivity contribution >= 4 is 29.8 Å². The molecule has 378 valence electrons. The number of carbonyl (C=O) groups excluding carboxylic acids is 4. The number of methoxy groups -OCH3 is 1. The summed E-state index contributed by atoms with van der Waals surface area (Å²) in [4.78, 5) is 61.6. The first-order valence-electron chi connectivity index (χ1n) is 23.0. The third-order valence-corrected chi connectivity index (χ3v) is 17.6. The average molecular weight is 923 g/mol. The number of hydrogen-bond donors (Lipinski definition) is 1. The summed E-state index contributed by atoms with van der Waals surface area (Å²) < 4.78 is 34.0. The summed E-state index contributed by atoms with van der Waals surface area (Å²) in [6.45, 7) is 5.15. The molecule has 12 nitrogen and oxygen atoms in total. The molecule has 0 aromatic rings. The summed E-state index contributed by atoms with van der Waals surface area (Å²) in [7, 11) is 1.54. The normalized spacial score (nSPS) is 40.6. The van der Waals surface area contributed by atoms with Gasteiger partial charge in [-0.15, -0.1) is 0 Å². The van der Waals surface area contributed by atoms with Gasteiger partial charge in [0.25, 0.3) is 11.8 Å². The highest BCUT2D eigenvalue weighted by molar-refractivity contribution is 5.80. The third-order valence-electron chi connectivity index (χ3n) is 17.6. The predicted molar refractivity (Wildman–Crippen MR) is 253 cm³/mol. The molecule has 9 saturated carbocycles. The number of epoxide rings is 1. The molecular weight excluding hydrogens is 829 g/mol. The number of hydrogen-bond acceptors (Lipinski definition) is 11. The summed E-state index contributed by atoms with van der Waals surface area (Å²) in [5.74, 6) is 3.75. The summed E-state index contributed by atoms with van der Waals surface area (Å²) in [6.07, 6.45) is 16.9. The predicted octanol–water partition coefficient (Wildman–Crippen LogP) is 11.1. The molecule has 11 aliphatic rings. The van der Waals surface area contributed by atoms with E-state index in [1.165, 1.54) is 45.6 Å². The van der Waals surface area contributed by atoms with Gasteiger partial charge in [0.2, 0.25) is 0 Å². The van der Waals surface area contributed by atoms with Gasteiger partial charge < -0.3 is 33.5 Å². The van der Waals surface area contributed by atoms with Crippen LogP contribution in [-0.4, -0.2) is 79.4 Å². The zero-order valence-electron chi connectivity index (χ0n) is 34.9. The van der Waals surface area contributed by atoms with E-state index in [1.54, 1.807) is 12.8 Å². The fraction of sp³-hybridized carbons (Fsp3) is 0.906. The van der Waals surface area contributed by atoms with E-state index in [1.807, 2.05) is 13.8 Å². The van der Waals surface area contributed by atoms with Gasteiger partial charge in [-0.25, -0.2) is 0 Å². The highest BCUT2D eigenvalue weighted by atomic mass is 16.7. The lowest BCUT2D eigenvalue weighted by Gasteiger charge is -2.38. The van der Waals surface area contributed by atoms with Gasteiger partial charge in [-0.05, 0) is 155 Å². The van der Waals surface area contributed by atoms with Crippen molar-refractivity contribution in [1.29, 1.82) is 0 Å². The molecule has 20 unspecified atom stereocenters. The minimum Gasteiger partial charge on any atom is -0.481 e.